The highest BCUT2D eigenvalue weighted by Crippen LogP contribution is 2.12. The summed E-state index contributed by atoms with van der Waals surface area (Å²) in [5, 5.41) is 0.267. The lowest BCUT2D eigenvalue weighted by atomic mass is 10.6. The van der Waals surface area contributed by atoms with Crippen molar-refractivity contribution in [2.24, 2.45) is 0 Å². The molecule has 0 aliphatic rings. The summed E-state index contributed by atoms with van der Waals surface area (Å²) in [7, 11) is 1.80. The van der Waals surface area contributed by atoms with Crippen LogP contribution in [0.4, 0.5) is 0 Å². The number of likely N-dealkylation sites (N-methyl/N-ethyl adjacent to an activating group) is 1. The smallest absolute Gasteiger partial charge is 0.285 e. The SMILES string of the molecule is C=CCN(C)Sc1nc(=O)[nH]c(=O)[nH]1. The quantitative estimate of drug-likeness (QED) is 0.525. The Bertz CT molecular complexity index is 396. The van der Waals surface area contributed by atoms with Gasteiger partial charge in [-0.1, -0.05) is 6.08 Å². The van der Waals surface area contributed by atoms with Gasteiger partial charge in [0.05, 0.1) is 0 Å². The first-order valence-corrected chi connectivity index (χ1v) is 4.60. The Hall–Kier alpha value is -1.34. The van der Waals surface area contributed by atoms with Gasteiger partial charge in [-0.15, -0.1) is 6.58 Å². The Labute approximate surface area is 84.2 Å². The van der Waals surface area contributed by atoms with E-state index < -0.39 is 11.4 Å². The van der Waals surface area contributed by atoms with E-state index in [1.54, 1.807) is 17.4 Å². The van der Waals surface area contributed by atoms with Gasteiger partial charge in [-0.2, -0.15) is 4.98 Å². The fourth-order valence-corrected chi connectivity index (χ4v) is 1.52. The third-order valence-corrected chi connectivity index (χ3v) is 2.10. The largest absolute Gasteiger partial charge is 0.351 e. The summed E-state index contributed by atoms with van der Waals surface area (Å²) in [5.41, 5.74) is -1.21. The molecular formula is C7H10N4O2S. The van der Waals surface area contributed by atoms with E-state index in [1.165, 1.54) is 11.9 Å². The highest BCUT2D eigenvalue weighted by molar-refractivity contribution is 7.96. The number of hydrogen-bond donors (Lipinski definition) is 2. The van der Waals surface area contributed by atoms with E-state index in [1.807, 2.05) is 4.98 Å². The van der Waals surface area contributed by atoms with Gasteiger partial charge >= 0.3 is 11.4 Å². The first-order chi connectivity index (χ1) is 6.61. The maximum Gasteiger partial charge on any atom is 0.351 e. The standard InChI is InChI=1S/C7H10N4O2S/c1-3-4-11(2)14-7-9-5(12)8-6(13)10-7/h3H,1,4H2,2H3,(H2,8,9,10,12,13). The molecule has 2 N–H and O–H groups in total. The van der Waals surface area contributed by atoms with Crippen LogP contribution in [0.15, 0.2) is 27.4 Å². The first-order valence-electron chi connectivity index (χ1n) is 3.82. The molecule has 1 aromatic rings. The van der Waals surface area contributed by atoms with Gasteiger partial charge in [0, 0.05) is 6.54 Å². The lowest BCUT2D eigenvalue weighted by molar-refractivity contribution is 0.628. The summed E-state index contributed by atoms with van der Waals surface area (Å²) in [6.07, 6.45) is 1.71. The van der Waals surface area contributed by atoms with Crippen LogP contribution in [0.1, 0.15) is 0 Å². The third-order valence-electron chi connectivity index (χ3n) is 1.27. The molecule has 0 fully saturated rings. The van der Waals surface area contributed by atoms with E-state index in [-0.39, 0.29) is 5.16 Å². The first kappa shape index (κ1) is 10.7. The molecule has 0 aromatic carbocycles. The molecule has 1 aromatic heterocycles. The molecule has 0 unspecified atom stereocenters. The summed E-state index contributed by atoms with van der Waals surface area (Å²) in [6.45, 7) is 4.19. The Kier molecular flexibility index (Phi) is 3.66. The number of nitrogens with one attached hydrogen (secondary N) is 2. The maximum atomic E-state index is 10.8. The van der Waals surface area contributed by atoms with Crippen molar-refractivity contribution < 1.29 is 0 Å². The fourth-order valence-electron chi connectivity index (χ4n) is 0.784. The second-order valence-electron chi connectivity index (χ2n) is 2.49. The van der Waals surface area contributed by atoms with E-state index in [2.05, 4.69) is 16.5 Å². The zero-order valence-corrected chi connectivity index (χ0v) is 8.43. The zero-order chi connectivity index (χ0) is 10.6. The van der Waals surface area contributed by atoms with Gasteiger partial charge in [-0.05, 0) is 19.0 Å². The Morgan fingerprint density at radius 3 is 2.86 bits per heavy atom. The molecule has 0 radical (unpaired) electrons. The van der Waals surface area contributed by atoms with Crippen LogP contribution >= 0.6 is 11.9 Å². The summed E-state index contributed by atoms with van der Waals surface area (Å²) in [4.78, 5) is 29.6. The maximum absolute atomic E-state index is 10.8. The van der Waals surface area contributed by atoms with Crippen molar-refractivity contribution in [2.75, 3.05) is 13.6 Å². The van der Waals surface area contributed by atoms with Crippen LogP contribution in [0.3, 0.4) is 0 Å². The molecule has 0 spiro atoms. The monoisotopic (exact) mass is 214 g/mol. The minimum absolute atomic E-state index is 0.267. The predicted octanol–water partition coefficient (Wildman–Crippen LogP) is -0.417. The minimum atomic E-state index is -0.650. The van der Waals surface area contributed by atoms with Gasteiger partial charge < -0.3 is 0 Å². The van der Waals surface area contributed by atoms with Crippen molar-refractivity contribution in [3.63, 3.8) is 0 Å². The average Bonchev–Trinajstić information content (AvgIpc) is 2.01. The second-order valence-corrected chi connectivity index (χ2v) is 3.68. The number of rotatable bonds is 4. The Balaban J connectivity index is 2.81. The van der Waals surface area contributed by atoms with Crippen LogP contribution in [0.2, 0.25) is 0 Å². The molecule has 1 rings (SSSR count). The van der Waals surface area contributed by atoms with Crippen LogP contribution in [0, 0.1) is 0 Å². The summed E-state index contributed by atoms with van der Waals surface area (Å²) < 4.78 is 1.78. The highest BCUT2D eigenvalue weighted by Gasteiger charge is 2.02. The fraction of sp³-hybridized carbons (Fsp3) is 0.286. The van der Waals surface area contributed by atoms with E-state index in [0.29, 0.717) is 6.54 Å². The van der Waals surface area contributed by atoms with Crippen molar-refractivity contribution in [2.45, 2.75) is 5.16 Å². The number of nitrogens with zero attached hydrogens (tertiary/aromatic N) is 2. The van der Waals surface area contributed by atoms with Crippen molar-refractivity contribution in [1.29, 1.82) is 0 Å². The van der Waals surface area contributed by atoms with E-state index in [9.17, 15) is 9.59 Å². The molecule has 0 aliphatic carbocycles. The molecule has 0 bridgehead atoms. The Morgan fingerprint density at radius 1 is 1.57 bits per heavy atom. The minimum Gasteiger partial charge on any atom is -0.285 e. The molecular weight excluding hydrogens is 204 g/mol. The molecule has 6 nitrogen and oxygen atoms in total. The van der Waals surface area contributed by atoms with Gasteiger partial charge in [0.25, 0.3) is 0 Å². The molecule has 76 valence electrons. The van der Waals surface area contributed by atoms with Crippen LogP contribution < -0.4 is 11.4 Å². The lowest BCUT2D eigenvalue weighted by Gasteiger charge is -2.10. The predicted molar refractivity (Wildman–Crippen MR) is 54.2 cm³/mol. The second kappa shape index (κ2) is 4.77. The highest BCUT2D eigenvalue weighted by atomic mass is 32.2. The van der Waals surface area contributed by atoms with Crippen molar-refractivity contribution in [1.82, 2.24) is 19.3 Å². The molecule has 7 heteroatoms. The van der Waals surface area contributed by atoms with Crippen LogP contribution in [0.25, 0.3) is 0 Å². The lowest BCUT2D eigenvalue weighted by Crippen LogP contribution is -2.26. The summed E-state index contributed by atoms with van der Waals surface area (Å²) in [6, 6.07) is 0. The van der Waals surface area contributed by atoms with Crippen molar-refractivity contribution in [3.8, 4) is 0 Å². The summed E-state index contributed by atoms with van der Waals surface area (Å²) >= 11 is 1.17. The summed E-state index contributed by atoms with van der Waals surface area (Å²) in [5.74, 6) is 0. The Morgan fingerprint density at radius 2 is 2.29 bits per heavy atom. The van der Waals surface area contributed by atoms with Crippen molar-refractivity contribution in [3.05, 3.63) is 33.6 Å². The number of aromatic nitrogens is 3. The number of H-pyrrole nitrogens is 2. The third kappa shape index (κ3) is 3.19. The molecule has 0 saturated carbocycles. The van der Waals surface area contributed by atoms with E-state index in [0.717, 1.165) is 0 Å². The van der Waals surface area contributed by atoms with E-state index >= 15 is 0 Å². The van der Waals surface area contributed by atoms with Gasteiger partial charge in [-0.25, -0.2) is 13.9 Å². The van der Waals surface area contributed by atoms with Gasteiger partial charge in [0.2, 0.25) is 0 Å². The molecule has 14 heavy (non-hydrogen) atoms. The van der Waals surface area contributed by atoms with Crippen LogP contribution in [-0.2, 0) is 0 Å². The van der Waals surface area contributed by atoms with Gasteiger partial charge in [-0.3, -0.25) is 9.97 Å². The zero-order valence-electron chi connectivity index (χ0n) is 7.61. The number of aromatic amines is 2. The van der Waals surface area contributed by atoms with Crippen LogP contribution in [-0.4, -0.2) is 32.8 Å². The normalized spacial score (nSPS) is 10.4. The topological polar surface area (TPSA) is 81.8 Å². The van der Waals surface area contributed by atoms with Crippen molar-refractivity contribution >= 4 is 11.9 Å². The van der Waals surface area contributed by atoms with Gasteiger partial charge in [0.15, 0.2) is 5.16 Å². The molecule has 0 aliphatic heterocycles. The molecule has 0 atom stereocenters. The van der Waals surface area contributed by atoms with Gasteiger partial charge in [0.1, 0.15) is 0 Å². The van der Waals surface area contributed by atoms with E-state index in [4.69, 9.17) is 0 Å². The molecule has 0 saturated heterocycles. The number of hydrogen-bond acceptors (Lipinski definition) is 5. The molecule has 1 heterocycles. The average molecular weight is 214 g/mol. The van der Waals surface area contributed by atoms with Crippen LogP contribution in [0.5, 0.6) is 0 Å². The molecule has 0 amide bonds.